The van der Waals surface area contributed by atoms with Gasteiger partial charge in [-0.05, 0) is 47.7 Å². The number of benzene rings is 2. The Hall–Kier alpha value is -4.30. The van der Waals surface area contributed by atoms with Crippen molar-refractivity contribution < 1.29 is 23.8 Å². The fraction of sp³-hybridized carbons (Fsp3) is 0.273. The molecule has 186 valence electrons. The number of hydrogen-bond acceptors (Lipinski definition) is 8. The molecule has 1 aliphatic heterocycles. The summed E-state index contributed by atoms with van der Waals surface area (Å²) in [6, 6.07) is 7.73. The largest absolute Gasteiger partial charge is 0.381 e. The predicted molar refractivity (Wildman–Crippen MR) is 119 cm³/mol. The Morgan fingerprint density at radius 2 is 1.89 bits per heavy atom. The first-order valence-electron chi connectivity index (χ1n) is 10.9. The van der Waals surface area contributed by atoms with Crippen molar-refractivity contribution in [1.29, 1.82) is 0 Å². The number of nitrogens with zero attached hydrogens (tertiary/aromatic N) is 9. The quantitative estimate of drug-likeness (QED) is 0.387. The van der Waals surface area contributed by atoms with E-state index in [0.717, 1.165) is 17.0 Å². The molecule has 3 atom stereocenters. The molecule has 14 heteroatoms. The van der Waals surface area contributed by atoms with Crippen LogP contribution >= 0.6 is 0 Å². The van der Waals surface area contributed by atoms with Crippen LogP contribution in [0.25, 0.3) is 5.69 Å². The van der Waals surface area contributed by atoms with Crippen LogP contribution in [0.4, 0.5) is 19.3 Å². The molecule has 0 saturated carbocycles. The van der Waals surface area contributed by atoms with Crippen molar-refractivity contribution in [3.05, 3.63) is 78.6 Å². The van der Waals surface area contributed by atoms with Crippen LogP contribution in [-0.2, 0) is 12.1 Å². The molecule has 0 bridgehead atoms. The summed E-state index contributed by atoms with van der Waals surface area (Å²) in [7, 11) is 0. The number of anilines is 1. The Labute approximate surface area is 203 Å². The second-order valence-electron chi connectivity index (χ2n) is 8.37. The van der Waals surface area contributed by atoms with Gasteiger partial charge < -0.3 is 15.1 Å². The Morgan fingerprint density at radius 1 is 1.14 bits per heavy atom. The Kier molecular flexibility index (Phi) is 5.89. The van der Waals surface area contributed by atoms with Crippen LogP contribution < -0.4 is 4.90 Å². The Morgan fingerprint density at radius 3 is 2.53 bits per heavy atom. The van der Waals surface area contributed by atoms with E-state index in [4.69, 9.17) is 0 Å². The molecule has 4 aromatic rings. The van der Waals surface area contributed by atoms with E-state index in [2.05, 4.69) is 25.6 Å². The summed E-state index contributed by atoms with van der Waals surface area (Å²) in [5, 5.41) is 37.5. The summed E-state index contributed by atoms with van der Waals surface area (Å²) in [5.41, 5.74) is -1.23. The van der Waals surface area contributed by atoms with E-state index < -0.39 is 35.5 Å². The third-order valence-corrected chi connectivity index (χ3v) is 6.28. The molecule has 1 fully saturated rings. The molecule has 1 saturated heterocycles. The second-order valence-corrected chi connectivity index (χ2v) is 8.37. The lowest BCUT2D eigenvalue weighted by Gasteiger charge is -2.39. The van der Waals surface area contributed by atoms with Gasteiger partial charge in [0.15, 0.2) is 6.23 Å². The monoisotopic (exact) mass is 497 g/mol. The van der Waals surface area contributed by atoms with Gasteiger partial charge in [0.1, 0.15) is 36.2 Å². The Balaban J connectivity index is 1.46. The van der Waals surface area contributed by atoms with Crippen molar-refractivity contribution in [3.63, 3.8) is 0 Å². The van der Waals surface area contributed by atoms with Crippen molar-refractivity contribution in [2.75, 3.05) is 11.4 Å². The molecule has 12 nitrogen and oxygen atoms in total. The van der Waals surface area contributed by atoms with E-state index >= 15 is 0 Å². The molecule has 2 aromatic carbocycles. The van der Waals surface area contributed by atoms with Gasteiger partial charge in [0.2, 0.25) is 0 Å². The summed E-state index contributed by atoms with van der Waals surface area (Å²) in [6.45, 7) is 1.07. The number of rotatable bonds is 7. The number of aliphatic hydroxyl groups excluding tert-OH is 1. The summed E-state index contributed by atoms with van der Waals surface area (Å²) in [4.78, 5) is 19.7. The number of aromatic nitrogens is 7. The molecule has 3 unspecified atom stereocenters. The first kappa shape index (κ1) is 23.4. The molecule has 0 aliphatic carbocycles. The van der Waals surface area contributed by atoms with E-state index in [1.807, 2.05) is 0 Å². The average molecular weight is 497 g/mol. The minimum absolute atomic E-state index is 0.169. The van der Waals surface area contributed by atoms with Crippen molar-refractivity contribution in [2.24, 2.45) is 0 Å². The SMILES string of the molecule is CC(N1CC(O)N(c2ccc(-n3cnnn3)cc2)C1=O)C(O)(Cn1cncn1)c1ccc(F)cc1F. The highest BCUT2D eigenvalue weighted by Crippen LogP contribution is 2.36. The molecule has 5 rings (SSSR count). The third kappa shape index (κ3) is 4.05. The number of hydrogen-bond donors (Lipinski definition) is 2. The zero-order valence-electron chi connectivity index (χ0n) is 18.9. The van der Waals surface area contributed by atoms with Crippen LogP contribution in [0.5, 0.6) is 0 Å². The summed E-state index contributed by atoms with van der Waals surface area (Å²) >= 11 is 0. The van der Waals surface area contributed by atoms with Crippen molar-refractivity contribution >= 4 is 11.7 Å². The molecule has 0 radical (unpaired) electrons. The van der Waals surface area contributed by atoms with Crippen LogP contribution in [0.1, 0.15) is 12.5 Å². The van der Waals surface area contributed by atoms with Crippen LogP contribution in [0.3, 0.4) is 0 Å². The molecule has 3 heterocycles. The van der Waals surface area contributed by atoms with Crippen LogP contribution in [0, 0.1) is 11.6 Å². The van der Waals surface area contributed by atoms with E-state index in [-0.39, 0.29) is 18.7 Å². The number of urea groups is 1. The molecule has 1 aliphatic rings. The maximum Gasteiger partial charge on any atom is 0.327 e. The third-order valence-electron chi connectivity index (χ3n) is 6.28. The van der Waals surface area contributed by atoms with Gasteiger partial charge in [0.25, 0.3) is 0 Å². The zero-order valence-corrected chi connectivity index (χ0v) is 18.9. The zero-order chi connectivity index (χ0) is 25.4. The average Bonchev–Trinajstić information content (AvgIpc) is 3.61. The fourth-order valence-corrected chi connectivity index (χ4v) is 4.36. The first-order valence-corrected chi connectivity index (χ1v) is 10.9. The number of β-amino-alcohol motifs (C(OH)–C–C–N with tert-alkyl or cyclic N) is 1. The maximum absolute atomic E-state index is 14.9. The highest BCUT2D eigenvalue weighted by molar-refractivity contribution is 5.95. The molecule has 2 N–H and O–H groups in total. The van der Waals surface area contributed by atoms with Gasteiger partial charge in [0, 0.05) is 17.3 Å². The number of carbonyl (C=O) groups is 1. The molecule has 0 spiro atoms. The van der Waals surface area contributed by atoms with Gasteiger partial charge in [-0.3, -0.25) is 4.90 Å². The highest BCUT2D eigenvalue weighted by Gasteiger charge is 2.48. The van der Waals surface area contributed by atoms with Gasteiger partial charge in [-0.25, -0.2) is 27.9 Å². The summed E-state index contributed by atoms with van der Waals surface area (Å²) in [6.07, 6.45) is 2.75. The van der Waals surface area contributed by atoms with E-state index in [1.54, 1.807) is 24.3 Å². The molecule has 2 aromatic heterocycles. The molecule has 2 amide bonds. The number of halogens is 2. The first-order chi connectivity index (χ1) is 17.3. The van der Waals surface area contributed by atoms with Crippen LogP contribution in [-0.4, -0.2) is 74.9 Å². The topological polar surface area (TPSA) is 138 Å². The number of tetrazole rings is 1. The van der Waals surface area contributed by atoms with Crippen molar-refractivity contribution in [3.8, 4) is 5.69 Å². The molecular formula is C22H21F2N9O3. The van der Waals surface area contributed by atoms with Gasteiger partial charge in [-0.15, -0.1) is 5.10 Å². The maximum atomic E-state index is 14.9. The van der Waals surface area contributed by atoms with Gasteiger partial charge in [-0.1, -0.05) is 6.07 Å². The fourth-order valence-electron chi connectivity index (χ4n) is 4.36. The lowest BCUT2D eigenvalue weighted by atomic mass is 9.85. The predicted octanol–water partition coefficient (Wildman–Crippen LogP) is 1.07. The number of aliphatic hydroxyl groups is 2. The summed E-state index contributed by atoms with van der Waals surface area (Å²) < 4.78 is 31.2. The van der Waals surface area contributed by atoms with Crippen LogP contribution in [0.15, 0.2) is 61.4 Å². The van der Waals surface area contributed by atoms with Crippen molar-refractivity contribution in [1.82, 2.24) is 39.9 Å². The van der Waals surface area contributed by atoms with E-state index in [1.165, 1.54) is 40.2 Å². The lowest BCUT2D eigenvalue weighted by molar-refractivity contribution is -0.0506. The minimum atomic E-state index is -2.04. The normalized spacial score (nSPS) is 18.5. The van der Waals surface area contributed by atoms with E-state index in [0.29, 0.717) is 17.4 Å². The van der Waals surface area contributed by atoms with Gasteiger partial charge >= 0.3 is 6.03 Å². The van der Waals surface area contributed by atoms with Crippen LogP contribution in [0.2, 0.25) is 0 Å². The Bertz CT molecular complexity index is 1350. The van der Waals surface area contributed by atoms with Gasteiger partial charge in [0.05, 0.1) is 24.8 Å². The second kappa shape index (κ2) is 9.05. The molecular weight excluding hydrogens is 476 g/mol. The lowest BCUT2D eigenvalue weighted by Crippen LogP contribution is -2.53. The van der Waals surface area contributed by atoms with Gasteiger partial charge in [-0.2, -0.15) is 5.10 Å². The number of carbonyl (C=O) groups excluding carboxylic acids is 1. The van der Waals surface area contributed by atoms with Crippen molar-refractivity contribution in [2.45, 2.75) is 31.3 Å². The smallest absolute Gasteiger partial charge is 0.327 e. The summed E-state index contributed by atoms with van der Waals surface area (Å²) in [5.74, 6) is -1.79. The highest BCUT2D eigenvalue weighted by atomic mass is 19.1. The standard InChI is InChI=1S/C22H21F2N9O3/c1-14(22(36,10-30-12-25-11-27-30)18-7-2-15(23)8-19(18)24)31-9-20(34)33(21(31)35)17-5-3-16(4-6-17)32-13-26-28-29-32/h2-8,11-14,20,34,36H,9-10H2,1H3. The molecule has 36 heavy (non-hydrogen) atoms. The number of amides is 2. The van der Waals surface area contributed by atoms with E-state index in [9.17, 15) is 23.8 Å². The minimum Gasteiger partial charge on any atom is -0.381 e.